The zero-order valence-corrected chi connectivity index (χ0v) is 30.6. The number of aliphatic hydroxyl groups is 1. The van der Waals surface area contributed by atoms with Crippen LogP contribution in [0, 0.1) is 17.3 Å². The number of ether oxygens (including phenoxy) is 4. The number of nitrogens with zero attached hydrogens (tertiary/aromatic N) is 4. The molecule has 8 atom stereocenters. The van der Waals surface area contributed by atoms with Crippen LogP contribution in [0.25, 0.3) is 0 Å². The van der Waals surface area contributed by atoms with Gasteiger partial charge in [0.15, 0.2) is 12.1 Å². The Morgan fingerprint density at radius 1 is 1.13 bits per heavy atom. The number of aliphatic hydroxyl groups excluding tert-OH is 1. The van der Waals surface area contributed by atoms with Gasteiger partial charge in [-0.1, -0.05) is 19.9 Å². The number of hydrogen-bond donors (Lipinski definition) is 1. The summed E-state index contributed by atoms with van der Waals surface area (Å²) in [6, 6.07) is 3.87. The smallest absolute Gasteiger partial charge is 0.319 e. The molecule has 47 heavy (non-hydrogen) atoms. The molecule has 0 spiro atoms. The summed E-state index contributed by atoms with van der Waals surface area (Å²) in [5, 5.41) is 11.4. The van der Waals surface area contributed by atoms with Crippen LogP contribution >= 0.6 is 0 Å². The lowest BCUT2D eigenvalue weighted by Crippen LogP contribution is -2.59. The van der Waals surface area contributed by atoms with Crippen molar-refractivity contribution in [2.24, 2.45) is 17.3 Å². The largest absolute Gasteiger partial charge is 0.465 e. The van der Waals surface area contributed by atoms with Crippen LogP contribution in [0.3, 0.4) is 0 Å². The second-order valence-corrected chi connectivity index (χ2v) is 14.9. The Bertz CT molecular complexity index is 1120. The minimum atomic E-state index is -1.42. The molecule has 11 nitrogen and oxygen atoms in total. The number of ketones is 1. The summed E-state index contributed by atoms with van der Waals surface area (Å²) >= 11 is 0. The number of carbonyl (C=O) groups excluding carboxylic acids is 2. The highest BCUT2D eigenvalue weighted by molar-refractivity contribution is 6.04. The number of pyridine rings is 1. The maximum absolute atomic E-state index is 14.2. The van der Waals surface area contributed by atoms with Gasteiger partial charge in [0.05, 0.1) is 24.4 Å². The predicted octanol–water partition coefficient (Wildman–Crippen LogP) is 3.28. The Morgan fingerprint density at radius 3 is 2.49 bits per heavy atom. The third-order valence-electron chi connectivity index (χ3n) is 10.1. The van der Waals surface area contributed by atoms with Gasteiger partial charge in [-0.15, -0.1) is 0 Å². The first-order valence-corrected chi connectivity index (χ1v) is 17.3. The van der Waals surface area contributed by atoms with Crippen molar-refractivity contribution in [3.05, 3.63) is 30.1 Å². The highest BCUT2D eigenvalue weighted by Crippen LogP contribution is 2.38. The van der Waals surface area contributed by atoms with Crippen LogP contribution in [0.4, 0.5) is 0 Å². The van der Waals surface area contributed by atoms with E-state index in [1.807, 2.05) is 45.1 Å². The van der Waals surface area contributed by atoms with Crippen LogP contribution in [-0.2, 0) is 35.0 Å². The van der Waals surface area contributed by atoms with E-state index in [1.54, 1.807) is 34.1 Å². The zero-order chi connectivity index (χ0) is 34.9. The Hall–Kier alpha value is -1.99. The van der Waals surface area contributed by atoms with Gasteiger partial charge in [0.25, 0.3) is 0 Å². The molecule has 1 aromatic rings. The molecule has 2 aliphatic rings. The van der Waals surface area contributed by atoms with Crippen molar-refractivity contribution in [3.8, 4) is 0 Å². The van der Waals surface area contributed by atoms with E-state index >= 15 is 0 Å². The third-order valence-corrected chi connectivity index (χ3v) is 10.1. The highest BCUT2D eigenvalue weighted by Gasteiger charge is 2.51. The molecule has 0 saturated carbocycles. The number of Topliss-reactive ketones (excluding diaryl/α,β-unsaturated/α-hetero) is 1. The van der Waals surface area contributed by atoms with Gasteiger partial charge in [-0.05, 0) is 92.1 Å². The Labute approximate surface area is 283 Å². The number of methoxy groups -OCH3 is 1. The minimum Gasteiger partial charge on any atom is -0.465 e. The summed E-state index contributed by atoms with van der Waals surface area (Å²) in [5.74, 6) is -1.44. The van der Waals surface area contributed by atoms with E-state index < -0.39 is 41.4 Å². The lowest BCUT2D eigenvalue weighted by atomic mass is 9.74. The Balaban J connectivity index is 1.89. The van der Waals surface area contributed by atoms with E-state index in [1.165, 1.54) is 5.56 Å². The molecule has 0 amide bonds. The molecule has 2 fully saturated rings. The topological polar surface area (TPSA) is 114 Å². The van der Waals surface area contributed by atoms with Gasteiger partial charge in [0.2, 0.25) is 0 Å². The molecule has 0 aromatic carbocycles. The molecule has 268 valence electrons. The van der Waals surface area contributed by atoms with E-state index in [4.69, 9.17) is 18.9 Å². The average molecular weight is 663 g/mol. The van der Waals surface area contributed by atoms with E-state index in [0.717, 1.165) is 39.1 Å². The molecule has 2 saturated heterocycles. The summed E-state index contributed by atoms with van der Waals surface area (Å²) < 4.78 is 24.8. The standard InChI is InChI=1S/C36H62N4O7/c1-25-22-36(6,44-10)32(47-33-30(41)29(38(7)8)21-26(2)46-33)27(3)31(42)35(4,5)34(43)45-20-12-16-40(19-18-39(9)24-25)17-14-28-13-11-15-37-23-28/h11,13,15,23,25-27,29-30,32-33,41H,12,14,16-22,24H2,1-10H3/t25-,26-,27+,29+,30-,32-,33+,36-/m1/s1. The monoisotopic (exact) mass is 662 g/mol. The van der Waals surface area contributed by atoms with Crippen LogP contribution in [0.5, 0.6) is 0 Å². The van der Waals surface area contributed by atoms with Crippen molar-refractivity contribution < 1.29 is 33.6 Å². The minimum absolute atomic E-state index is 0.159. The first-order chi connectivity index (χ1) is 22.1. The molecule has 0 radical (unpaired) electrons. The van der Waals surface area contributed by atoms with Crippen LogP contribution < -0.4 is 0 Å². The quantitative estimate of drug-likeness (QED) is 0.343. The summed E-state index contributed by atoms with van der Waals surface area (Å²) in [5.41, 5.74) is -1.16. The fourth-order valence-corrected chi connectivity index (χ4v) is 7.21. The van der Waals surface area contributed by atoms with Gasteiger partial charge in [-0.3, -0.25) is 14.6 Å². The zero-order valence-electron chi connectivity index (χ0n) is 30.6. The normalized spacial score (nSPS) is 34.6. The van der Waals surface area contributed by atoms with E-state index in [9.17, 15) is 14.7 Å². The van der Waals surface area contributed by atoms with E-state index in [2.05, 4.69) is 34.8 Å². The number of rotatable bonds is 7. The van der Waals surface area contributed by atoms with Crippen molar-refractivity contribution >= 4 is 11.8 Å². The first-order valence-electron chi connectivity index (χ1n) is 17.3. The molecule has 11 heteroatoms. The Morgan fingerprint density at radius 2 is 1.85 bits per heavy atom. The Kier molecular flexibility index (Phi) is 14.8. The van der Waals surface area contributed by atoms with Crippen molar-refractivity contribution in [1.82, 2.24) is 19.7 Å². The number of hydrogen-bond acceptors (Lipinski definition) is 11. The molecule has 3 rings (SSSR count). The predicted molar refractivity (Wildman–Crippen MR) is 182 cm³/mol. The van der Waals surface area contributed by atoms with Crippen LogP contribution in [0.2, 0.25) is 0 Å². The number of cyclic esters (lactones) is 1. The molecule has 1 aromatic heterocycles. The number of carbonyl (C=O) groups is 2. The molecule has 3 heterocycles. The molecule has 0 bridgehead atoms. The number of esters is 1. The van der Waals surface area contributed by atoms with Gasteiger partial charge < -0.3 is 38.8 Å². The summed E-state index contributed by atoms with van der Waals surface area (Å²) in [6.07, 6.45) is 3.59. The summed E-state index contributed by atoms with van der Waals surface area (Å²) in [4.78, 5) is 38.7. The van der Waals surface area contributed by atoms with Crippen molar-refractivity contribution in [2.75, 3.05) is 67.6 Å². The van der Waals surface area contributed by atoms with Gasteiger partial charge in [-0.25, -0.2) is 0 Å². The summed E-state index contributed by atoms with van der Waals surface area (Å²) in [6.45, 7) is 15.6. The fourth-order valence-electron chi connectivity index (χ4n) is 7.21. The van der Waals surface area contributed by atoms with Crippen molar-refractivity contribution in [3.63, 3.8) is 0 Å². The van der Waals surface area contributed by atoms with Crippen LogP contribution in [0.1, 0.15) is 66.4 Å². The molecule has 2 aliphatic heterocycles. The lowest BCUT2D eigenvalue weighted by Gasteiger charge is -2.47. The third kappa shape index (κ3) is 10.7. The van der Waals surface area contributed by atoms with Crippen molar-refractivity contribution in [2.45, 2.75) is 103 Å². The van der Waals surface area contributed by atoms with Crippen LogP contribution in [-0.4, -0.2) is 140 Å². The maximum atomic E-state index is 14.2. The second kappa shape index (κ2) is 17.6. The molecule has 1 N–H and O–H groups in total. The number of likely N-dealkylation sites (N-methyl/N-ethyl adjacent to an activating group) is 2. The van der Waals surface area contributed by atoms with E-state index in [0.29, 0.717) is 19.3 Å². The van der Waals surface area contributed by atoms with Gasteiger partial charge >= 0.3 is 5.97 Å². The fraction of sp³-hybridized carbons (Fsp3) is 0.806. The van der Waals surface area contributed by atoms with E-state index in [-0.39, 0.29) is 30.5 Å². The first kappa shape index (κ1) is 39.4. The van der Waals surface area contributed by atoms with Crippen molar-refractivity contribution in [1.29, 1.82) is 0 Å². The lowest BCUT2D eigenvalue weighted by molar-refractivity contribution is -0.295. The molecular formula is C36H62N4O7. The average Bonchev–Trinajstić information content (AvgIpc) is 3.02. The van der Waals surface area contributed by atoms with Gasteiger partial charge in [0, 0.05) is 64.2 Å². The second-order valence-electron chi connectivity index (χ2n) is 14.9. The summed E-state index contributed by atoms with van der Waals surface area (Å²) in [7, 11) is 7.62. The molecule has 0 aliphatic carbocycles. The molecule has 0 unspecified atom stereocenters. The number of aromatic nitrogens is 1. The molecular weight excluding hydrogens is 600 g/mol. The highest BCUT2D eigenvalue weighted by atomic mass is 16.7. The van der Waals surface area contributed by atoms with Gasteiger partial charge in [-0.2, -0.15) is 0 Å². The SMILES string of the molecule is CO[C@]1(C)C[C@@H](C)CN(C)CCN(CCc2cccnc2)CCCOC(=O)C(C)(C)C(=O)[C@H](C)[C@H]1O[C@@H]1O[C@H](C)C[C@H](N(C)C)[C@H]1O. The van der Waals surface area contributed by atoms with Gasteiger partial charge in [0.1, 0.15) is 11.5 Å². The van der Waals surface area contributed by atoms with Crippen LogP contribution in [0.15, 0.2) is 24.5 Å². The maximum Gasteiger partial charge on any atom is 0.319 e.